The van der Waals surface area contributed by atoms with Crippen molar-refractivity contribution in [3.05, 3.63) is 70.6 Å². The summed E-state index contributed by atoms with van der Waals surface area (Å²) in [5, 5.41) is 1.07. The van der Waals surface area contributed by atoms with Crippen molar-refractivity contribution in [2.75, 3.05) is 19.7 Å². The first kappa shape index (κ1) is 21.4. The number of piperidine rings is 1. The van der Waals surface area contributed by atoms with Gasteiger partial charge in [0.2, 0.25) is 0 Å². The first-order valence-corrected chi connectivity index (χ1v) is 10.9. The summed E-state index contributed by atoms with van der Waals surface area (Å²) in [5.41, 5.74) is 2.16. The first-order valence-electron chi connectivity index (χ1n) is 10.5. The van der Waals surface area contributed by atoms with Crippen LogP contribution in [-0.2, 0) is 11.2 Å². The highest BCUT2D eigenvalue weighted by Crippen LogP contribution is 2.29. The van der Waals surface area contributed by atoms with Gasteiger partial charge in [-0.15, -0.1) is 0 Å². The Labute approximate surface area is 185 Å². The third-order valence-electron chi connectivity index (χ3n) is 5.81. The number of hydrogen-bond acceptors (Lipinski definition) is 3. The van der Waals surface area contributed by atoms with Crippen LogP contribution in [0.1, 0.15) is 35.7 Å². The van der Waals surface area contributed by atoms with Crippen molar-refractivity contribution in [1.82, 2.24) is 9.47 Å². The molecule has 0 unspecified atom stereocenters. The van der Waals surface area contributed by atoms with Gasteiger partial charge in [-0.2, -0.15) is 0 Å². The average molecular weight is 443 g/mol. The SMILES string of the molecule is CCOC(=O)n1ccc2cc(C(=O)N3CCC(Cc4ccc(F)cc4)CC3)c(Cl)cc21. The second-order valence-corrected chi connectivity index (χ2v) is 8.25. The summed E-state index contributed by atoms with van der Waals surface area (Å²) >= 11 is 6.43. The smallest absolute Gasteiger partial charge is 0.418 e. The summed E-state index contributed by atoms with van der Waals surface area (Å²) in [7, 11) is 0. The molecule has 1 saturated heterocycles. The summed E-state index contributed by atoms with van der Waals surface area (Å²) in [6, 6.07) is 11.8. The summed E-state index contributed by atoms with van der Waals surface area (Å²) in [6.07, 6.45) is 3.81. The number of benzene rings is 2. The average Bonchev–Trinajstić information content (AvgIpc) is 3.18. The zero-order valence-corrected chi connectivity index (χ0v) is 18.1. The molecule has 2 heterocycles. The molecule has 31 heavy (non-hydrogen) atoms. The Morgan fingerprint density at radius 3 is 2.52 bits per heavy atom. The maximum Gasteiger partial charge on any atom is 0.418 e. The lowest BCUT2D eigenvalue weighted by Crippen LogP contribution is -2.39. The number of fused-ring (bicyclic) bond motifs is 1. The van der Waals surface area contributed by atoms with E-state index in [2.05, 4.69) is 0 Å². The fourth-order valence-corrected chi connectivity index (χ4v) is 4.38. The minimum atomic E-state index is -0.476. The van der Waals surface area contributed by atoms with E-state index in [-0.39, 0.29) is 18.3 Å². The van der Waals surface area contributed by atoms with Gasteiger partial charge in [-0.25, -0.2) is 9.18 Å². The Hall–Kier alpha value is -2.86. The van der Waals surface area contributed by atoms with Crippen LogP contribution < -0.4 is 0 Å². The van der Waals surface area contributed by atoms with Crippen LogP contribution in [0.3, 0.4) is 0 Å². The number of rotatable bonds is 4. The highest BCUT2D eigenvalue weighted by molar-refractivity contribution is 6.34. The van der Waals surface area contributed by atoms with Crippen molar-refractivity contribution >= 4 is 34.5 Å². The molecule has 1 aliphatic heterocycles. The second-order valence-electron chi connectivity index (χ2n) is 7.84. The van der Waals surface area contributed by atoms with E-state index < -0.39 is 6.09 Å². The Balaban J connectivity index is 1.44. The van der Waals surface area contributed by atoms with Crippen molar-refractivity contribution < 1.29 is 18.7 Å². The molecule has 3 aromatic rings. The van der Waals surface area contributed by atoms with E-state index in [1.165, 1.54) is 16.7 Å². The van der Waals surface area contributed by atoms with Crippen molar-refractivity contribution in [2.45, 2.75) is 26.2 Å². The van der Waals surface area contributed by atoms with Crippen LogP contribution in [0.15, 0.2) is 48.7 Å². The third kappa shape index (κ3) is 4.59. The van der Waals surface area contributed by atoms with E-state index in [0.29, 0.717) is 35.1 Å². The lowest BCUT2D eigenvalue weighted by atomic mass is 9.90. The normalized spacial score (nSPS) is 14.7. The minimum Gasteiger partial charge on any atom is -0.449 e. The summed E-state index contributed by atoms with van der Waals surface area (Å²) in [6.45, 7) is 3.34. The van der Waals surface area contributed by atoms with Gasteiger partial charge in [-0.05, 0) is 68.0 Å². The molecular formula is C24H24ClFN2O3. The van der Waals surface area contributed by atoms with Crippen molar-refractivity contribution in [3.8, 4) is 0 Å². The highest BCUT2D eigenvalue weighted by atomic mass is 35.5. The topological polar surface area (TPSA) is 51.5 Å². The molecule has 1 aromatic heterocycles. The fraction of sp³-hybridized carbons (Fsp3) is 0.333. The van der Waals surface area contributed by atoms with Gasteiger partial charge in [0.25, 0.3) is 5.91 Å². The van der Waals surface area contributed by atoms with Gasteiger partial charge in [0.15, 0.2) is 0 Å². The summed E-state index contributed by atoms with van der Waals surface area (Å²) in [5.74, 6) is 0.137. The number of nitrogens with zero attached hydrogens (tertiary/aromatic N) is 2. The van der Waals surface area contributed by atoms with Crippen molar-refractivity contribution in [1.29, 1.82) is 0 Å². The number of ether oxygens (including phenoxy) is 1. The minimum absolute atomic E-state index is 0.101. The largest absolute Gasteiger partial charge is 0.449 e. The van der Waals surface area contributed by atoms with Gasteiger partial charge >= 0.3 is 6.09 Å². The highest BCUT2D eigenvalue weighted by Gasteiger charge is 2.26. The predicted octanol–water partition coefficient (Wildman–Crippen LogP) is 5.53. The van der Waals surface area contributed by atoms with Crippen LogP contribution in [0.4, 0.5) is 9.18 Å². The molecule has 0 aliphatic carbocycles. The molecule has 1 aliphatic rings. The van der Waals surface area contributed by atoms with Crippen molar-refractivity contribution in [2.24, 2.45) is 5.92 Å². The standard InChI is InChI=1S/C24H24ClFN2O3/c1-2-31-24(30)28-12-9-18-14-20(21(25)15-22(18)28)23(29)27-10-7-17(8-11-27)13-16-3-5-19(26)6-4-16/h3-6,9,12,14-15,17H,2,7-8,10-11,13H2,1H3. The van der Waals surface area contributed by atoms with Crippen LogP contribution in [-0.4, -0.2) is 41.2 Å². The fourth-order valence-electron chi connectivity index (χ4n) is 4.14. The number of likely N-dealkylation sites (tertiary alicyclic amines) is 1. The quantitative estimate of drug-likeness (QED) is 0.533. The van der Waals surface area contributed by atoms with Gasteiger partial charge in [0.05, 0.1) is 22.7 Å². The lowest BCUT2D eigenvalue weighted by Gasteiger charge is -2.32. The predicted molar refractivity (Wildman–Crippen MR) is 118 cm³/mol. The van der Waals surface area contributed by atoms with Gasteiger partial charge < -0.3 is 9.64 Å². The molecule has 5 nitrogen and oxygen atoms in total. The molecule has 0 atom stereocenters. The molecule has 0 spiro atoms. The second kappa shape index (κ2) is 9.10. The Bertz CT molecular complexity index is 1100. The van der Waals surface area contributed by atoms with Crippen LogP contribution in [0.2, 0.25) is 5.02 Å². The zero-order chi connectivity index (χ0) is 22.0. The summed E-state index contributed by atoms with van der Waals surface area (Å²) < 4.78 is 19.5. The molecule has 1 fully saturated rings. The van der Waals surface area contributed by atoms with Crippen LogP contribution >= 0.6 is 11.6 Å². The van der Waals surface area contributed by atoms with Gasteiger partial charge in [0, 0.05) is 24.7 Å². The molecule has 0 bridgehead atoms. The third-order valence-corrected chi connectivity index (χ3v) is 6.13. The molecule has 162 valence electrons. The van der Waals surface area contributed by atoms with E-state index in [4.69, 9.17) is 16.3 Å². The monoisotopic (exact) mass is 442 g/mol. The number of aromatic nitrogens is 1. The maximum atomic E-state index is 13.1. The number of hydrogen-bond donors (Lipinski definition) is 0. The van der Waals surface area contributed by atoms with E-state index in [0.717, 1.165) is 30.2 Å². The number of carbonyl (C=O) groups excluding carboxylic acids is 2. The van der Waals surface area contributed by atoms with Crippen LogP contribution in [0, 0.1) is 11.7 Å². The maximum absolute atomic E-state index is 13.1. The van der Waals surface area contributed by atoms with Crippen molar-refractivity contribution in [3.63, 3.8) is 0 Å². The Morgan fingerprint density at radius 2 is 1.84 bits per heavy atom. The Morgan fingerprint density at radius 1 is 1.13 bits per heavy atom. The molecular weight excluding hydrogens is 419 g/mol. The zero-order valence-electron chi connectivity index (χ0n) is 17.3. The number of halogens is 2. The summed E-state index contributed by atoms with van der Waals surface area (Å²) in [4.78, 5) is 27.0. The van der Waals surface area contributed by atoms with E-state index in [1.807, 2.05) is 17.0 Å². The molecule has 0 saturated carbocycles. The number of carbonyl (C=O) groups is 2. The first-order chi connectivity index (χ1) is 15.0. The molecule has 0 N–H and O–H groups in total. The molecule has 4 rings (SSSR count). The van der Waals surface area contributed by atoms with Gasteiger partial charge in [-0.3, -0.25) is 9.36 Å². The van der Waals surface area contributed by atoms with E-state index in [1.54, 1.807) is 31.3 Å². The lowest BCUT2D eigenvalue weighted by molar-refractivity contribution is 0.0691. The number of amides is 1. The van der Waals surface area contributed by atoms with E-state index >= 15 is 0 Å². The van der Waals surface area contributed by atoms with Gasteiger partial charge in [-0.1, -0.05) is 23.7 Å². The van der Waals surface area contributed by atoms with E-state index in [9.17, 15) is 14.0 Å². The Kier molecular flexibility index (Phi) is 6.28. The van der Waals surface area contributed by atoms with Crippen LogP contribution in [0.25, 0.3) is 10.9 Å². The molecule has 7 heteroatoms. The van der Waals surface area contributed by atoms with Gasteiger partial charge in [0.1, 0.15) is 5.82 Å². The molecule has 1 amide bonds. The molecule has 2 aromatic carbocycles. The van der Waals surface area contributed by atoms with Crippen LogP contribution in [0.5, 0.6) is 0 Å². The molecule has 0 radical (unpaired) electrons.